The number of anilines is 1. The van der Waals surface area contributed by atoms with E-state index in [9.17, 15) is 13.2 Å². The largest absolute Gasteiger partial charge is 0.325 e. The lowest BCUT2D eigenvalue weighted by atomic mass is 10.2. The van der Waals surface area contributed by atoms with Gasteiger partial charge in [0.2, 0.25) is 5.91 Å². The Hall–Kier alpha value is -1.14. The van der Waals surface area contributed by atoms with Crippen molar-refractivity contribution in [3.63, 3.8) is 0 Å². The van der Waals surface area contributed by atoms with Crippen molar-refractivity contribution in [1.82, 2.24) is 4.98 Å². The lowest BCUT2D eigenvalue weighted by molar-refractivity contribution is -0.114. The first kappa shape index (κ1) is 12.3. The summed E-state index contributed by atoms with van der Waals surface area (Å²) >= 11 is 0. The minimum atomic E-state index is -3.84. The van der Waals surface area contributed by atoms with Crippen molar-refractivity contribution in [3.8, 4) is 0 Å². The van der Waals surface area contributed by atoms with Crippen LogP contribution < -0.4 is 5.32 Å². The van der Waals surface area contributed by atoms with Crippen LogP contribution in [0.15, 0.2) is 17.3 Å². The number of pyridine rings is 1. The molecule has 0 aliphatic heterocycles. The minimum Gasteiger partial charge on any atom is -0.325 e. The number of carbonyl (C=O) groups excluding carboxylic acids is 1. The highest BCUT2D eigenvalue weighted by Crippen LogP contribution is 2.43. The molecule has 0 atom stereocenters. The normalized spacial score (nSPS) is 15.6. The van der Waals surface area contributed by atoms with Gasteiger partial charge in [-0.3, -0.25) is 4.79 Å². The van der Waals surface area contributed by atoms with Crippen LogP contribution in [0.3, 0.4) is 0 Å². The highest BCUT2D eigenvalue weighted by molar-refractivity contribution is 8.13. The molecule has 7 heteroatoms. The van der Waals surface area contributed by atoms with E-state index in [4.69, 9.17) is 10.7 Å². The summed E-state index contributed by atoms with van der Waals surface area (Å²) in [5, 5.41) is 2.47. The number of halogens is 1. The van der Waals surface area contributed by atoms with E-state index >= 15 is 0 Å². The summed E-state index contributed by atoms with van der Waals surface area (Å²) in [6.45, 7) is 1.38. The van der Waals surface area contributed by atoms with Gasteiger partial charge in [-0.25, -0.2) is 13.4 Å². The first-order chi connectivity index (χ1) is 7.88. The van der Waals surface area contributed by atoms with Crippen LogP contribution in [0.1, 0.15) is 31.2 Å². The molecule has 1 fully saturated rings. The number of aromatic nitrogens is 1. The van der Waals surface area contributed by atoms with Crippen LogP contribution in [0.25, 0.3) is 0 Å². The van der Waals surface area contributed by atoms with Crippen molar-refractivity contribution in [3.05, 3.63) is 17.8 Å². The zero-order chi connectivity index (χ0) is 12.6. The highest BCUT2D eigenvalue weighted by Gasteiger charge is 2.31. The Kier molecular flexibility index (Phi) is 3.09. The lowest BCUT2D eigenvalue weighted by Gasteiger charge is -2.08. The summed E-state index contributed by atoms with van der Waals surface area (Å²) in [6, 6.07) is 1.63. The molecule has 2 rings (SSSR count). The van der Waals surface area contributed by atoms with Crippen LogP contribution >= 0.6 is 10.7 Å². The topological polar surface area (TPSA) is 76.1 Å². The van der Waals surface area contributed by atoms with Gasteiger partial charge in [0.05, 0.1) is 11.9 Å². The van der Waals surface area contributed by atoms with Crippen LogP contribution in [0.5, 0.6) is 0 Å². The molecule has 1 heterocycles. The molecule has 0 unspecified atom stereocenters. The van der Waals surface area contributed by atoms with Gasteiger partial charge in [0.25, 0.3) is 9.05 Å². The van der Waals surface area contributed by atoms with Gasteiger partial charge in [0.1, 0.15) is 0 Å². The second kappa shape index (κ2) is 4.27. The number of hydrogen-bond acceptors (Lipinski definition) is 4. The van der Waals surface area contributed by atoms with Gasteiger partial charge in [0, 0.05) is 17.6 Å². The first-order valence-corrected chi connectivity index (χ1v) is 7.41. The van der Waals surface area contributed by atoms with Gasteiger partial charge >= 0.3 is 0 Å². The van der Waals surface area contributed by atoms with E-state index in [1.807, 2.05) is 0 Å². The molecule has 0 bridgehead atoms. The molecule has 5 nitrogen and oxygen atoms in total. The minimum absolute atomic E-state index is 0.101. The number of carbonyl (C=O) groups is 1. The van der Waals surface area contributed by atoms with Gasteiger partial charge in [-0.05, 0) is 30.4 Å². The smallest absolute Gasteiger partial charge is 0.278 e. The van der Waals surface area contributed by atoms with Crippen LogP contribution in [0.4, 0.5) is 5.69 Å². The molecule has 1 aromatic rings. The Morgan fingerprint density at radius 2 is 2.18 bits per heavy atom. The number of hydrogen-bond donors (Lipinski definition) is 1. The van der Waals surface area contributed by atoms with Gasteiger partial charge < -0.3 is 5.32 Å². The molecule has 1 saturated carbocycles. The van der Waals surface area contributed by atoms with E-state index in [2.05, 4.69) is 10.3 Å². The zero-order valence-corrected chi connectivity index (χ0v) is 10.7. The first-order valence-electron chi connectivity index (χ1n) is 5.10. The molecular weight excluding hydrogens is 264 g/mol. The Balaban J connectivity index is 2.45. The molecule has 92 valence electrons. The summed E-state index contributed by atoms with van der Waals surface area (Å²) < 4.78 is 22.7. The van der Waals surface area contributed by atoms with Gasteiger partial charge in [-0.1, -0.05) is 0 Å². The van der Waals surface area contributed by atoms with Gasteiger partial charge in [-0.15, -0.1) is 0 Å². The van der Waals surface area contributed by atoms with Crippen LogP contribution in [0, 0.1) is 0 Å². The van der Waals surface area contributed by atoms with Crippen LogP contribution in [0.2, 0.25) is 0 Å². The quantitative estimate of drug-likeness (QED) is 0.854. The maximum Gasteiger partial charge on any atom is 0.278 e. The van der Waals surface area contributed by atoms with E-state index in [0.717, 1.165) is 12.8 Å². The van der Waals surface area contributed by atoms with Crippen molar-refractivity contribution < 1.29 is 13.2 Å². The fraction of sp³-hybridized carbons (Fsp3) is 0.400. The Morgan fingerprint density at radius 1 is 1.53 bits per heavy atom. The third kappa shape index (κ3) is 2.95. The van der Waals surface area contributed by atoms with Gasteiger partial charge in [0.15, 0.2) is 5.03 Å². The number of rotatable bonds is 3. The molecule has 1 aromatic heterocycles. The van der Waals surface area contributed by atoms with Crippen molar-refractivity contribution in [2.24, 2.45) is 0 Å². The fourth-order valence-corrected chi connectivity index (χ4v) is 2.70. The predicted octanol–water partition coefficient (Wildman–Crippen LogP) is 1.84. The molecule has 1 aliphatic rings. The molecule has 1 amide bonds. The molecule has 0 spiro atoms. The average molecular weight is 275 g/mol. The monoisotopic (exact) mass is 274 g/mol. The molecule has 1 N–H and O–H groups in total. The summed E-state index contributed by atoms with van der Waals surface area (Å²) in [5.41, 5.74) is 1.08. The van der Waals surface area contributed by atoms with E-state index in [1.54, 1.807) is 6.07 Å². The van der Waals surface area contributed by atoms with Crippen LogP contribution in [-0.2, 0) is 13.8 Å². The molecule has 1 aliphatic carbocycles. The summed E-state index contributed by atoms with van der Waals surface area (Å²) in [7, 11) is 1.48. The maximum absolute atomic E-state index is 11.3. The SMILES string of the molecule is CC(=O)Nc1cnc(S(=O)(=O)Cl)c(C2CC2)c1. The molecule has 0 aromatic carbocycles. The van der Waals surface area contributed by atoms with Crippen molar-refractivity contribution in [2.45, 2.75) is 30.7 Å². The second-order valence-corrected chi connectivity index (χ2v) is 6.49. The van der Waals surface area contributed by atoms with Crippen molar-refractivity contribution in [2.75, 3.05) is 5.32 Å². The Labute approximate surface area is 104 Å². The van der Waals surface area contributed by atoms with E-state index in [0.29, 0.717) is 11.3 Å². The number of nitrogens with one attached hydrogen (secondary N) is 1. The standard InChI is InChI=1S/C10H11ClN2O3S/c1-6(14)13-8-4-9(7-2-3-7)10(12-5-8)17(11,15)16/h4-5,7H,2-3H2,1H3,(H,13,14). The number of nitrogens with zero attached hydrogens (tertiary/aromatic N) is 1. The molecule has 0 radical (unpaired) electrons. The zero-order valence-electron chi connectivity index (χ0n) is 9.10. The molecule has 0 saturated heterocycles. The second-order valence-electron chi connectivity index (χ2n) is 4.01. The third-order valence-corrected chi connectivity index (χ3v) is 3.69. The van der Waals surface area contributed by atoms with Crippen molar-refractivity contribution >= 4 is 31.3 Å². The summed E-state index contributed by atoms with van der Waals surface area (Å²) in [6.07, 6.45) is 3.14. The molecular formula is C10H11ClN2O3S. The maximum atomic E-state index is 11.3. The lowest BCUT2D eigenvalue weighted by Crippen LogP contribution is -2.08. The Bertz CT molecular complexity index is 567. The summed E-state index contributed by atoms with van der Waals surface area (Å²) in [4.78, 5) is 14.7. The van der Waals surface area contributed by atoms with Gasteiger partial charge in [-0.2, -0.15) is 0 Å². The Morgan fingerprint density at radius 3 is 2.65 bits per heavy atom. The number of amides is 1. The third-order valence-electron chi connectivity index (χ3n) is 2.45. The molecule has 17 heavy (non-hydrogen) atoms. The van der Waals surface area contributed by atoms with E-state index < -0.39 is 9.05 Å². The van der Waals surface area contributed by atoms with Crippen molar-refractivity contribution in [1.29, 1.82) is 0 Å². The fourth-order valence-electron chi connectivity index (χ4n) is 1.63. The van der Waals surface area contributed by atoms with E-state index in [-0.39, 0.29) is 16.9 Å². The van der Waals surface area contributed by atoms with E-state index in [1.165, 1.54) is 13.1 Å². The average Bonchev–Trinajstić information content (AvgIpc) is 2.97. The highest BCUT2D eigenvalue weighted by atomic mass is 35.7. The summed E-state index contributed by atoms with van der Waals surface area (Å²) in [5.74, 6) is -0.0465. The predicted molar refractivity (Wildman–Crippen MR) is 63.6 cm³/mol. The van der Waals surface area contributed by atoms with Crippen LogP contribution in [-0.4, -0.2) is 19.3 Å².